The van der Waals surface area contributed by atoms with E-state index in [9.17, 15) is 9.59 Å². The average Bonchev–Trinajstić information content (AvgIpc) is 2.68. The number of carbonyl (C=O) groups excluding carboxylic acids is 2. The van der Waals surface area contributed by atoms with Crippen molar-refractivity contribution in [3.05, 3.63) is 59.7 Å². The van der Waals surface area contributed by atoms with Crippen LogP contribution in [0.2, 0.25) is 0 Å². The molecule has 2 aromatic rings. The zero-order valence-corrected chi connectivity index (χ0v) is 17.8. The molecule has 2 heterocycles. The van der Waals surface area contributed by atoms with Gasteiger partial charge in [0, 0.05) is 24.5 Å². The number of para-hydroxylation sites is 2. The molecule has 152 valence electrons. The van der Waals surface area contributed by atoms with E-state index in [4.69, 9.17) is 0 Å². The van der Waals surface area contributed by atoms with Crippen molar-refractivity contribution < 1.29 is 9.59 Å². The van der Waals surface area contributed by atoms with Crippen LogP contribution in [0.15, 0.2) is 48.5 Å². The van der Waals surface area contributed by atoms with E-state index in [1.165, 1.54) is 0 Å². The first kappa shape index (κ1) is 19.7. The number of anilines is 2. The van der Waals surface area contributed by atoms with E-state index < -0.39 is 5.41 Å². The molecule has 0 N–H and O–H groups in total. The molecule has 2 amide bonds. The summed E-state index contributed by atoms with van der Waals surface area (Å²) in [6.07, 6.45) is 0.941. The smallest absolute Gasteiger partial charge is 0.243 e. The Hall–Kier alpha value is -2.62. The van der Waals surface area contributed by atoms with Gasteiger partial charge in [-0.2, -0.15) is 0 Å². The molecule has 0 aromatic heterocycles. The van der Waals surface area contributed by atoms with Gasteiger partial charge in [-0.15, -0.1) is 0 Å². The van der Waals surface area contributed by atoms with Crippen LogP contribution < -0.4 is 9.80 Å². The van der Waals surface area contributed by atoms with E-state index in [2.05, 4.69) is 39.8 Å². The normalized spacial score (nSPS) is 17.9. The number of hydrogen-bond donors (Lipinski definition) is 0. The molecular formula is C25H30N2O2. The summed E-state index contributed by atoms with van der Waals surface area (Å²) in [5.41, 5.74) is 3.04. The van der Waals surface area contributed by atoms with Crippen molar-refractivity contribution in [2.45, 2.75) is 40.5 Å². The summed E-state index contributed by atoms with van der Waals surface area (Å²) in [4.78, 5) is 31.6. The Morgan fingerprint density at radius 1 is 0.724 bits per heavy atom. The molecule has 0 saturated carbocycles. The fraction of sp³-hybridized carbons (Fsp3) is 0.440. The molecule has 0 bridgehead atoms. The van der Waals surface area contributed by atoms with Crippen molar-refractivity contribution in [3.8, 4) is 0 Å². The molecule has 0 unspecified atom stereocenters. The van der Waals surface area contributed by atoms with E-state index >= 15 is 0 Å². The summed E-state index contributed by atoms with van der Waals surface area (Å²) in [5.74, 6) is 0.552. The van der Waals surface area contributed by atoms with Crippen LogP contribution in [0.1, 0.15) is 38.8 Å². The second-order valence-electron chi connectivity index (χ2n) is 9.31. The van der Waals surface area contributed by atoms with Gasteiger partial charge < -0.3 is 9.80 Å². The van der Waals surface area contributed by atoms with Gasteiger partial charge in [0.15, 0.2) is 0 Å². The molecule has 4 rings (SSSR count). The van der Waals surface area contributed by atoms with Crippen molar-refractivity contribution in [2.75, 3.05) is 22.9 Å². The van der Waals surface area contributed by atoms with Crippen molar-refractivity contribution in [3.63, 3.8) is 0 Å². The number of rotatable bonds is 4. The first-order valence-electron chi connectivity index (χ1n) is 10.6. The third-order valence-electron chi connectivity index (χ3n) is 5.95. The lowest BCUT2D eigenvalue weighted by molar-refractivity contribution is -0.141. The maximum absolute atomic E-state index is 13.9. The first-order valence-corrected chi connectivity index (χ1v) is 10.6. The summed E-state index contributed by atoms with van der Waals surface area (Å²) < 4.78 is 0. The Balaban J connectivity index is 1.86. The number of benzene rings is 2. The van der Waals surface area contributed by atoms with Gasteiger partial charge in [-0.3, -0.25) is 9.59 Å². The Morgan fingerprint density at radius 3 is 1.48 bits per heavy atom. The zero-order valence-electron chi connectivity index (χ0n) is 17.8. The molecule has 0 atom stereocenters. The summed E-state index contributed by atoms with van der Waals surface area (Å²) in [5, 5.41) is 0. The van der Waals surface area contributed by atoms with Gasteiger partial charge in [-0.05, 0) is 47.9 Å². The van der Waals surface area contributed by atoms with Crippen LogP contribution >= 0.6 is 0 Å². The van der Waals surface area contributed by atoms with Gasteiger partial charge in [0.25, 0.3) is 0 Å². The summed E-state index contributed by atoms with van der Waals surface area (Å²) in [7, 11) is 0. The van der Waals surface area contributed by atoms with Crippen LogP contribution in [0, 0.1) is 17.3 Å². The topological polar surface area (TPSA) is 40.6 Å². The lowest BCUT2D eigenvalue weighted by Crippen LogP contribution is -2.61. The van der Waals surface area contributed by atoms with Gasteiger partial charge in [0.2, 0.25) is 11.8 Å². The lowest BCUT2D eigenvalue weighted by atomic mass is 9.69. The highest BCUT2D eigenvalue weighted by molar-refractivity contribution is 6.19. The van der Waals surface area contributed by atoms with Crippen LogP contribution in [0.3, 0.4) is 0 Å². The maximum Gasteiger partial charge on any atom is 0.243 e. The molecule has 2 aliphatic rings. The highest BCUT2D eigenvalue weighted by atomic mass is 16.2. The number of fused-ring (bicyclic) bond motifs is 2. The van der Waals surface area contributed by atoms with E-state index in [0.717, 1.165) is 22.5 Å². The van der Waals surface area contributed by atoms with Gasteiger partial charge in [0.1, 0.15) is 5.41 Å². The Kier molecular flexibility index (Phi) is 4.97. The summed E-state index contributed by atoms with van der Waals surface area (Å²) in [6.45, 7) is 9.69. The van der Waals surface area contributed by atoms with Crippen molar-refractivity contribution >= 4 is 23.2 Å². The Bertz CT molecular complexity index is 870. The number of hydrogen-bond acceptors (Lipinski definition) is 2. The minimum atomic E-state index is -1.05. The average molecular weight is 391 g/mol. The molecular weight excluding hydrogens is 360 g/mol. The van der Waals surface area contributed by atoms with Crippen LogP contribution in [-0.2, 0) is 22.4 Å². The van der Waals surface area contributed by atoms with Crippen molar-refractivity contribution in [2.24, 2.45) is 17.3 Å². The SMILES string of the molecule is CC(C)CN1C(=O)C2(Cc3ccccc31)Cc1ccccc1N(CC(C)C)C2=O. The Labute approximate surface area is 173 Å². The predicted molar refractivity (Wildman–Crippen MR) is 117 cm³/mol. The van der Waals surface area contributed by atoms with E-state index in [0.29, 0.717) is 37.8 Å². The molecule has 0 radical (unpaired) electrons. The lowest BCUT2D eigenvalue weighted by Gasteiger charge is -2.47. The third-order valence-corrected chi connectivity index (χ3v) is 5.95. The number of nitrogens with zero attached hydrogens (tertiary/aromatic N) is 2. The minimum Gasteiger partial charge on any atom is -0.311 e. The van der Waals surface area contributed by atoms with E-state index in [1.54, 1.807) is 0 Å². The molecule has 0 saturated heterocycles. The quantitative estimate of drug-likeness (QED) is 0.723. The molecule has 0 fully saturated rings. The van der Waals surface area contributed by atoms with E-state index in [-0.39, 0.29) is 11.8 Å². The largest absolute Gasteiger partial charge is 0.311 e. The molecule has 1 spiro atoms. The molecule has 2 aliphatic heterocycles. The molecule has 4 heteroatoms. The third kappa shape index (κ3) is 3.25. The molecule has 29 heavy (non-hydrogen) atoms. The van der Waals surface area contributed by atoms with Gasteiger partial charge in [-0.1, -0.05) is 64.1 Å². The van der Waals surface area contributed by atoms with Gasteiger partial charge in [-0.25, -0.2) is 0 Å². The van der Waals surface area contributed by atoms with Gasteiger partial charge in [0.05, 0.1) is 0 Å². The number of carbonyl (C=O) groups is 2. The van der Waals surface area contributed by atoms with Crippen LogP contribution in [0.5, 0.6) is 0 Å². The van der Waals surface area contributed by atoms with Crippen LogP contribution in [0.25, 0.3) is 0 Å². The Morgan fingerprint density at radius 2 is 1.10 bits per heavy atom. The van der Waals surface area contributed by atoms with Gasteiger partial charge >= 0.3 is 0 Å². The first-order chi connectivity index (χ1) is 13.8. The van der Waals surface area contributed by atoms with E-state index in [1.807, 2.05) is 46.2 Å². The highest BCUT2D eigenvalue weighted by Gasteiger charge is 2.56. The minimum absolute atomic E-state index is 0.0434. The second-order valence-corrected chi connectivity index (χ2v) is 9.31. The molecule has 0 aliphatic carbocycles. The summed E-state index contributed by atoms with van der Waals surface area (Å²) in [6, 6.07) is 16.1. The van der Waals surface area contributed by atoms with Crippen LogP contribution in [0.4, 0.5) is 11.4 Å². The number of amides is 2. The standard InChI is InChI=1S/C25H30N2O2/c1-17(2)15-26-21-11-7-5-9-19(21)13-25(23(26)28)14-20-10-6-8-12-22(20)27(24(25)29)16-18(3)4/h5-12,17-18H,13-16H2,1-4H3. The van der Waals surface area contributed by atoms with Crippen molar-refractivity contribution in [1.29, 1.82) is 0 Å². The second kappa shape index (κ2) is 7.33. The monoisotopic (exact) mass is 390 g/mol. The van der Waals surface area contributed by atoms with Crippen LogP contribution in [-0.4, -0.2) is 24.9 Å². The fourth-order valence-electron chi connectivity index (χ4n) is 4.78. The summed E-state index contributed by atoms with van der Waals surface area (Å²) >= 11 is 0. The highest BCUT2D eigenvalue weighted by Crippen LogP contribution is 2.46. The molecule has 4 nitrogen and oxygen atoms in total. The zero-order chi connectivity index (χ0) is 20.8. The predicted octanol–water partition coefficient (Wildman–Crippen LogP) is 4.46. The van der Waals surface area contributed by atoms with Crippen molar-refractivity contribution in [1.82, 2.24) is 0 Å². The molecule has 2 aromatic carbocycles. The maximum atomic E-state index is 13.9. The fourth-order valence-corrected chi connectivity index (χ4v) is 4.78.